The van der Waals surface area contributed by atoms with Gasteiger partial charge in [-0.2, -0.15) is 4.98 Å². The molecule has 0 saturated heterocycles. The van der Waals surface area contributed by atoms with Gasteiger partial charge in [0.2, 0.25) is 17.6 Å². The third kappa shape index (κ3) is 5.91. The lowest BCUT2D eigenvalue weighted by molar-refractivity contribution is -0.121. The minimum absolute atomic E-state index is 0.0622. The highest BCUT2D eigenvalue weighted by Crippen LogP contribution is 2.20. The van der Waals surface area contributed by atoms with Crippen molar-refractivity contribution in [3.05, 3.63) is 65.5 Å². The number of benzene rings is 2. The van der Waals surface area contributed by atoms with E-state index in [0.29, 0.717) is 43.6 Å². The van der Waals surface area contributed by atoms with Crippen LogP contribution in [0, 0.1) is 0 Å². The monoisotopic (exact) mass is 393 g/mol. The van der Waals surface area contributed by atoms with Gasteiger partial charge in [0.25, 0.3) is 0 Å². The normalized spacial score (nSPS) is 10.9. The second-order valence-corrected chi connectivity index (χ2v) is 7.15. The van der Waals surface area contributed by atoms with Gasteiger partial charge in [-0.25, -0.2) is 0 Å². The first kappa shape index (κ1) is 20.6. The SMILES string of the molecule is CCOc1cccc(CNC(=O)CCc2nc(-c3ccc(C(C)C)cc3)no2)c1. The van der Waals surface area contributed by atoms with Crippen molar-refractivity contribution >= 4 is 5.91 Å². The van der Waals surface area contributed by atoms with Gasteiger partial charge in [0.15, 0.2) is 0 Å². The Labute approximate surface area is 171 Å². The van der Waals surface area contributed by atoms with E-state index in [1.54, 1.807) is 0 Å². The first-order chi connectivity index (χ1) is 14.0. The highest BCUT2D eigenvalue weighted by Gasteiger charge is 2.11. The van der Waals surface area contributed by atoms with Crippen molar-refractivity contribution in [2.24, 2.45) is 0 Å². The van der Waals surface area contributed by atoms with Crippen LogP contribution >= 0.6 is 0 Å². The highest BCUT2D eigenvalue weighted by atomic mass is 16.5. The molecule has 0 aliphatic heterocycles. The molecule has 1 heterocycles. The number of amides is 1. The zero-order valence-electron chi connectivity index (χ0n) is 17.1. The van der Waals surface area contributed by atoms with Gasteiger partial charge in [0.05, 0.1) is 6.61 Å². The lowest BCUT2D eigenvalue weighted by Crippen LogP contribution is -2.23. The molecule has 3 rings (SSSR count). The van der Waals surface area contributed by atoms with Crippen LogP contribution in [0.3, 0.4) is 0 Å². The van der Waals surface area contributed by atoms with Crippen LogP contribution in [0.2, 0.25) is 0 Å². The molecule has 29 heavy (non-hydrogen) atoms. The van der Waals surface area contributed by atoms with Crippen molar-refractivity contribution in [2.45, 2.75) is 46.1 Å². The fourth-order valence-electron chi connectivity index (χ4n) is 2.91. The van der Waals surface area contributed by atoms with E-state index in [1.165, 1.54) is 5.56 Å². The van der Waals surface area contributed by atoms with Crippen LogP contribution in [0.15, 0.2) is 53.1 Å². The maximum Gasteiger partial charge on any atom is 0.227 e. The molecular formula is C23H27N3O3. The van der Waals surface area contributed by atoms with Gasteiger partial charge >= 0.3 is 0 Å². The van der Waals surface area contributed by atoms with Crippen molar-refractivity contribution in [3.8, 4) is 17.1 Å². The Morgan fingerprint density at radius 2 is 1.97 bits per heavy atom. The molecule has 0 saturated carbocycles. The van der Waals surface area contributed by atoms with Crippen LogP contribution in [0.25, 0.3) is 11.4 Å². The topological polar surface area (TPSA) is 77.2 Å². The molecule has 1 N–H and O–H groups in total. The summed E-state index contributed by atoms with van der Waals surface area (Å²) in [6.45, 7) is 7.32. The summed E-state index contributed by atoms with van der Waals surface area (Å²) in [6.07, 6.45) is 0.695. The summed E-state index contributed by atoms with van der Waals surface area (Å²) in [5.41, 5.74) is 3.16. The van der Waals surface area contributed by atoms with Crippen molar-refractivity contribution in [2.75, 3.05) is 6.61 Å². The van der Waals surface area contributed by atoms with Crippen molar-refractivity contribution in [1.82, 2.24) is 15.5 Å². The number of hydrogen-bond acceptors (Lipinski definition) is 5. The van der Waals surface area contributed by atoms with E-state index in [1.807, 2.05) is 43.3 Å². The van der Waals surface area contributed by atoms with E-state index in [9.17, 15) is 4.79 Å². The minimum atomic E-state index is -0.0622. The van der Waals surface area contributed by atoms with Gasteiger partial charge in [-0.15, -0.1) is 0 Å². The predicted octanol–water partition coefficient (Wildman–Crippen LogP) is 4.51. The summed E-state index contributed by atoms with van der Waals surface area (Å²) >= 11 is 0. The standard InChI is InChI=1S/C23H27N3O3/c1-4-28-20-7-5-6-17(14-20)15-24-21(27)12-13-22-25-23(26-29-22)19-10-8-18(9-11-19)16(2)3/h5-11,14,16H,4,12-13,15H2,1-3H3,(H,24,27). The first-order valence-corrected chi connectivity index (χ1v) is 9.96. The Hall–Kier alpha value is -3.15. The molecule has 0 atom stereocenters. The Morgan fingerprint density at radius 1 is 1.17 bits per heavy atom. The van der Waals surface area contributed by atoms with E-state index >= 15 is 0 Å². The van der Waals surface area contributed by atoms with Gasteiger partial charge in [0.1, 0.15) is 5.75 Å². The number of nitrogens with zero attached hydrogens (tertiary/aromatic N) is 2. The Morgan fingerprint density at radius 3 is 2.69 bits per heavy atom. The molecule has 0 aliphatic carbocycles. The number of ether oxygens (including phenoxy) is 1. The van der Waals surface area contributed by atoms with E-state index in [2.05, 4.69) is 41.4 Å². The largest absolute Gasteiger partial charge is 0.494 e. The van der Waals surface area contributed by atoms with Gasteiger partial charge in [-0.1, -0.05) is 55.4 Å². The molecule has 3 aromatic rings. The third-order valence-electron chi connectivity index (χ3n) is 4.57. The first-order valence-electron chi connectivity index (χ1n) is 9.96. The summed E-state index contributed by atoms with van der Waals surface area (Å²) in [7, 11) is 0. The van der Waals surface area contributed by atoms with Gasteiger partial charge < -0.3 is 14.6 Å². The quantitative estimate of drug-likeness (QED) is 0.579. The van der Waals surface area contributed by atoms with Crippen LogP contribution in [-0.2, 0) is 17.8 Å². The molecule has 2 aromatic carbocycles. The lowest BCUT2D eigenvalue weighted by Gasteiger charge is -2.07. The predicted molar refractivity (Wildman–Crippen MR) is 112 cm³/mol. The Balaban J connectivity index is 1.49. The average Bonchev–Trinajstić information content (AvgIpc) is 3.20. The maximum atomic E-state index is 12.1. The number of aromatic nitrogens is 2. The van der Waals surface area contributed by atoms with E-state index in [-0.39, 0.29) is 5.91 Å². The number of carbonyl (C=O) groups excluding carboxylic acids is 1. The Kier molecular flexibility index (Phi) is 7.00. The fourth-order valence-corrected chi connectivity index (χ4v) is 2.91. The molecular weight excluding hydrogens is 366 g/mol. The van der Waals surface area contributed by atoms with Crippen LogP contribution in [-0.4, -0.2) is 22.7 Å². The molecule has 0 fully saturated rings. The molecule has 0 bridgehead atoms. The Bertz CT molecular complexity index is 933. The second-order valence-electron chi connectivity index (χ2n) is 7.15. The van der Waals surface area contributed by atoms with Crippen LogP contribution < -0.4 is 10.1 Å². The van der Waals surface area contributed by atoms with E-state index in [0.717, 1.165) is 16.9 Å². The molecule has 0 aliphatic rings. The summed E-state index contributed by atoms with van der Waals surface area (Å²) in [4.78, 5) is 16.5. The van der Waals surface area contributed by atoms with Crippen molar-refractivity contribution in [3.63, 3.8) is 0 Å². The summed E-state index contributed by atoms with van der Waals surface area (Å²) in [5.74, 6) is 2.22. The molecule has 0 spiro atoms. The number of carbonyl (C=O) groups is 1. The average molecular weight is 393 g/mol. The number of hydrogen-bond donors (Lipinski definition) is 1. The van der Waals surface area contributed by atoms with Gasteiger partial charge in [-0.3, -0.25) is 4.79 Å². The minimum Gasteiger partial charge on any atom is -0.494 e. The zero-order valence-corrected chi connectivity index (χ0v) is 17.1. The van der Waals surface area contributed by atoms with Gasteiger partial charge in [-0.05, 0) is 36.1 Å². The molecule has 6 heteroatoms. The summed E-state index contributed by atoms with van der Waals surface area (Å²) in [6, 6.07) is 15.8. The fraction of sp³-hybridized carbons (Fsp3) is 0.348. The molecule has 1 amide bonds. The molecule has 1 aromatic heterocycles. The number of nitrogens with one attached hydrogen (secondary N) is 1. The smallest absolute Gasteiger partial charge is 0.227 e. The van der Waals surface area contributed by atoms with Crippen LogP contribution in [0.5, 0.6) is 5.75 Å². The van der Waals surface area contributed by atoms with Crippen molar-refractivity contribution in [1.29, 1.82) is 0 Å². The second kappa shape index (κ2) is 9.87. The van der Waals surface area contributed by atoms with Gasteiger partial charge in [0, 0.05) is 24.9 Å². The number of aryl methyl sites for hydroxylation is 1. The van der Waals surface area contributed by atoms with Crippen molar-refractivity contribution < 1.29 is 14.1 Å². The van der Waals surface area contributed by atoms with E-state index in [4.69, 9.17) is 9.26 Å². The highest BCUT2D eigenvalue weighted by molar-refractivity contribution is 5.76. The third-order valence-corrected chi connectivity index (χ3v) is 4.57. The summed E-state index contributed by atoms with van der Waals surface area (Å²) in [5, 5.41) is 6.94. The molecule has 6 nitrogen and oxygen atoms in total. The van der Waals surface area contributed by atoms with Crippen LogP contribution in [0.4, 0.5) is 0 Å². The maximum absolute atomic E-state index is 12.1. The van der Waals surface area contributed by atoms with Crippen LogP contribution in [0.1, 0.15) is 50.1 Å². The summed E-state index contributed by atoms with van der Waals surface area (Å²) < 4.78 is 10.8. The zero-order chi connectivity index (χ0) is 20.6. The number of rotatable bonds is 9. The molecule has 0 unspecified atom stereocenters. The molecule has 0 radical (unpaired) electrons. The van der Waals surface area contributed by atoms with E-state index < -0.39 is 0 Å². The molecule has 152 valence electrons. The lowest BCUT2D eigenvalue weighted by atomic mass is 10.0.